The number of hydrogen-bond acceptors (Lipinski definition) is 2. The number of allylic oxidation sites excluding steroid dienone is 2. The monoisotopic (exact) mass is 210 g/mol. The maximum absolute atomic E-state index is 11.8. The lowest BCUT2D eigenvalue weighted by Crippen LogP contribution is -2.25. The van der Waals surface area contributed by atoms with Gasteiger partial charge in [-0.25, -0.2) is 0 Å². The standard InChI is InChI=1S/C13H10N2O/c16-12-6-2-1-5-11-13-10(4-3-8-14-13)7-9-15(11)12/h1-5,7-9H,6H2. The maximum Gasteiger partial charge on any atom is 0.234 e. The van der Waals surface area contributed by atoms with E-state index in [0.29, 0.717) is 6.42 Å². The molecule has 0 bridgehead atoms. The molecule has 0 aliphatic carbocycles. The van der Waals surface area contributed by atoms with Crippen molar-refractivity contribution < 1.29 is 4.79 Å². The van der Waals surface area contributed by atoms with Crippen LogP contribution in [-0.4, -0.2) is 15.8 Å². The van der Waals surface area contributed by atoms with Crippen LogP contribution >= 0.6 is 0 Å². The fourth-order valence-corrected chi connectivity index (χ4v) is 1.92. The highest BCUT2D eigenvalue weighted by molar-refractivity contribution is 5.93. The number of fused-ring (bicyclic) bond motifs is 3. The molecule has 3 rings (SSSR count). The number of amides is 1. The lowest BCUT2D eigenvalue weighted by Gasteiger charge is -2.24. The van der Waals surface area contributed by atoms with Crippen molar-refractivity contribution in [1.82, 2.24) is 9.88 Å². The van der Waals surface area contributed by atoms with E-state index >= 15 is 0 Å². The molecule has 0 fully saturated rings. The Bertz CT molecular complexity index is 541. The maximum atomic E-state index is 11.8. The molecule has 2 aliphatic heterocycles. The van der Waals surface area contributed by atoms with Crippen molar-refractivity contribution in [2.75, 3.05) is 0 Å². The van der Waals surface area contributed by atoms with Crippen molar-refractivity contribution in [3.8, 4) is 0 Å². The highest BCUT2D eigenvalue weighted by atomic mass is 16.2. The fourth-order valence-electron chi connectivity index (χ4n) is 1.92. The minimum Gasteiger partial charge on any atom is -0.285 e. The summed E-state index contributed by atoms with van der Waals surface area (Å²) in [7, 11) is 0. The van der Waals surface area contributed by atoms with E-state index in [1.807, 2.05) is 42.6 Å². The summed E-state index contributed by atoms with van der Waals surface area (Å²) >= 11 is 0. The molecule has 3 nitrogen and oxygen atoms in total. The Balaban J connectivity index is 2.19. The molecule has 3 heteroatoms. The zero-order chi connectivity index (χ0) is 11.0. The first-order valence-corrected chi connectivity index (χ1v) is 5.19. The molecule has 0 saturated carbocycles. The van der Waals surface area contributed by atoms with Crippen LogP contribution in [0.25, 0.3) is 11.8 Å². The normalized spacial score (nSPS) is 17.6. The van der Waals surface area contributed by atoms with Gasteiger partial charge in [-0.3, -0.25) is 14.7 Å². The number of rotatable bonds is 0. The summed E-state index contributed by atoms with van der Waals surface area (Å²) in [6.07, 6.45) is 11.6. The molecule has 3 heterocycles. The summed E-state index contributed by atoms with van der Waals surface area (Å²) in [4.78, 5) is 17.8. The van der Waals surface area contributed by atoms with E-state index in [-0.39, 0.29) is 5.91 Å². The Labute approximate surface area is 93.4 Å². The molecule has 0 radical (unpaired) electrons. The van der Waals surface area contributed by atoms with Gasteiger partial charge in [-0.15, -0.1) is 0 Å². The molecule has 1 aromatic heterocycles. The number of aromatic nitrogens is 1. The third-order valence-corrected chi connectivity index (χ3v) is 2.70. The molecule has 0 unspecified atom stereocenters. The zero-order valence-corrected chi connectivity index (χ0v) is 8.63. The average Bonchev–Trinajstić information content (AvgIpc) is 2.52. The molecule has 0 atom stereocenters. The molecule has 1 amide bonds. The second-order valence-corrected chi connectivity index (χ2v) is 3.70. The fraction of sp³-hybridized carbons (Fsp3) is 0.0769. The van der Waals surface area contributed by atoms with Crippen LogP contribution in [0.3, 0.4) is 0 Å². The second-order valence-electron chi connectivity index (χ2n) is 3.70. The average molecular weight is 210 g/mol. The van der Waals surface area contributed by atoms with Gasteiger partial charge in [-0.2, -0.15) is 0 Å². The van der Waals surface area contributed by atoms with E-state index < -0.39 is 0 Å². The van der Waals surface area contributed by atoms with Gasteiger partial charge in [0.05, 0.1) is 11.4 Å². The highest BCUT2D eigenvalue weighted by Crippen LogP contribution is 2.29. The Morgan fingerprint density at radius 2 is 2.31 bits per heavy atom. The molecule has 1 aromatic rings. The van der Waals surface area contributed by atoms with Crippen LogP contribution in [0, 0.1) is 0 Å². The quantitative estimate of drug-likeness (QED) is 0.657. The minimum atomic E-state index is 0.0764. The van der Waals surface area contributed by atoms with Crippen LogP contribution in [-0.2, 0) is 4.79 Å². The molecule has 16 heavy (non-hydrogen) atoms. The number of pyridine rings is 1. The molecule has 78 valence electrons. The summed E-state index contributed by atoms with van der Waals surface area (Å²) in [6, 6.07) is 3.89. The summed E-state index contributed by atoms with van der Waals surface area (Å²) in [5.41, 5.74) is 2.77. The van der Waals surface area contributed by atoms with E-state index in [2.05, 4.69) is 4.98 Å². The number of carbonyl (C=O) groups excluding carboxylic acids is 1. The van der Waals surface area contributed by atoms with Gasteiger partial charge in [0.25, 0.3) is 0 Å². The van der Waals surface area contributed by atoms with Gasteiger partial charge in [-0.05, 0) is 18.2 Å². The molecular weight excluding hydrogens is 200 g/mol. The summed E-state index contributed by atoms with van der Waals surface area (Å²) in [5, 5.41) is 0. The van der Waals surface area contributed by atoms with Crippen LogP contribution < -0.4 is 0 Å². The Morgan fingerprint density at radius 3 is 3.25 bits per heavy atom. The lowest BCUT2D eigenvalue weighted by molar-refractivity contribution is -0.125. The second kappa shape index (κ2) is 3.45. The van der Waals surface area contributed by atoms with E-state index in [0.717, 1.165) is 17.0 Å². The van der Waals surface area contributed by atoms with Gasteiger partial charge in [0.15, 0.2) is 0 Å². The largest absolute Gasteiger partial charge is 0.285 e. The van der Waals surface area contributed by atoms with Crippen molar-refractivity contribution in [2.45, 2.75) is 6.42 Å². The van der Waals surface area contributed by atoms with Crippen LogP contribution in [0.2, 0.25) is 0 Å². The van der Waals surface area contributed by atoms with Crippen LogP contribution in [0.5, 0.6) is 0 Å². The predicted octanol–water partition coefficient (Wildman–Crippen LogP) is 2.20. The van der Waals surface area contributed by atoms with E-state index in [1.165, 1.54) is 0 Å². The summed E-state index contributed by atoms with van der Waals surface area (Å²) in [5.74, 6) is 0.0764. The highest BCUT2D eigenvalue weighted by Gasteiger charge is 2.23. The number of carbonyl (C=O) groups is 1. The first-order chi connectivity index (χ1) is 7.86. The van der Waals surface area contributed by atoms with E-state index in [9.17, 15) is 4.79 Å². The SMILES string of the molecule is O=C1CC=CC=C2c3ncccc3C=CN12. The van der Waals surface area contributed by atoms with Gasteiger partial charge in [0, 0.05) is 24.4 Å². The van der Waals surface area contributed by atoms with Crippen LogP contribution in [0.1, 0.15) is 17.7 Å². The Kier molecular flexibility index (Phi) is 1.96. The number of nitrogens with zero attached hydrogens (tertiary/aromatic N) is 2. The topological polar surface area (TPSA) is 33.2 Å². The van der Waals surface area contributed by atoms with Crippen molar-refractivity contribution >= 4 is 17.7 Å². The van der Waals surface area contributed by atoms with Crippen molar-refractivity contribution in [1.29, 1.82) is 0 Å². The van der Waals surface area contributed by atoms with Crippen LogP contribution in [0.4, 0.5) is 0 Å². The molecule has 0 aromatic carbocycles. The minimum absolute atomic E-state index is 0.0764. The number of hydrogen-bond donors (Lipinski definition) is 0. The molecule has 2 aliphatic rings. The van der Waals surface area contributed by atoms with Crippen molar-refractivity contribution in [2.24, 2.45) is 0 Å². The zero-order valence-electron chi connectivity index (χ0n) is 8.63. The smallest absolute Gasteiger partial charge is 0.234 e. The summed E-state index contributed by atoms with van der Waals surface area (Å²) < 4.78 is 0. The Morgan fingerprint density at radius 1 is 1.38 bits per heavy atom. The summed E-state index contributed by atoms with van der Waals surface area (Å²) in [6.45, 7) is 0. The van der Waals surface area contributed by atoms with Gasteiger partial charge in [-0.1, -0.05) is 18.2 Å². The van der Waals surface area contributed by atoms with Crippen molar-refractivity contribution in [3.63, 3.8) is 0 Å². The lowest BCUT2D eigenvalue weighted by atomic mass is 10.1. The Hall–Kier alpha value is -2.16. The van der Waals surface area contributed by atoms with E-state index in [1.54, 1.807) is 11.1 Å². The van der Waals surface area contributed by atoms with Gasteiger partial charge >= 0.3 is 0 Å². The predicted molar refractivity (Wildman–Crippen MR) is 61.9 cm³/mol. The van der Waals surface area contributed by atoms with Gasteiger partial charge in [0.2, 0.25) is 5.91 Å². The first kappa shape index (κ1) is 9.09. The third-order valence-electron chi connectivity index (χ3n) is 2.70. The van der Waals surface area contributed by atoms with Gasteiger partial charge < -0.3 is 0 Å². The van der Waals surface area contributed by atoms with Crippen molar-refractivity contribution in [3.05, 3.63) is 54.0 Å². The van der Waals surface area contributed by atoms with Gasteiger partial charge in [0.1, 0.15) is 0 Å². The molecule has 0 N–H and O–H groups in total. The first-order valence-electron chi connectivity index (χ1n) is 5.19. The molecular formula is C13H10N2O. The molecule has 0 saturated heterocycles. The third kappa shape index (κ3) is 1.29. The van der Waals surface area contributed by atoms with Crippen LogP contribution in [0.15, 0.2) is 42.8 Å². The van der Waals surface area contributed by atoms with E-state index in [4.69, 9.17) is 0 Å². The molecule has 0 spiro atoms.